The number of halogens is 1. The number of methoxy groups -OCH3 is 1. The van der Waals surface area contributed by atoms with Crippen LogP contribution in [0.15, 0.2) is 18.2 Å². The average Bonchev–Trinajstić information content (AvgIpc) is 3.13. The topological polar surface area (TPSA) is 38.5 Å². The molecule has 0 aromatic heterocycles. The van der Waals surface area contributed by atoms with Crippen molar-refractivity contribution in [1.82, 2.24) is 0 Å². The van der Waals surface area contributed by atoms with Gasteiger partial charge in [-0.2, -0.15) is 0 Å². The van der Waals surface area contributed by atoms with E-state index in [1.165, 1.54) is 18.9 Å². The Morgan fingerprint density at radius 3 is 2.78 bits per heavy atom. The Morgan fingerprint density at radius 1 is 1.50 bits per heavy atom. The Balaban J connectivity index is 2.31. The van der Waals surface area contributed by atoms with E-state index >= 15 is 0 Å². The Labute approximate surface area is 108 Å². The van der Waals surface area contributed by atoms with E-state index in [-0.39, 0.29) is 11.9 Å². The summed E-state index contributed by atoms with van der Waals surface area (Å²) in [4.78, 5) is 2.23. The second kappa shape index (κ2) is 5.67. The van der Waals surface area contributed by atoms with Crippen molar-refractivity contribution in [1.29, 1.82) is 0 Å². The second-order valence-electron chi connectivity index (χ2n) is 4.88. The van der Waals surface area contributed by atoms with Gasteiger partial charge in [-0.25, -0.2) is 4.39 Å². The van der Waals surface area contributed by atoms with E-state index in [9.17, 15) is 4.39 Å². The zero-order valence-electron chi connectivity index (χ0n) is 11.0. The monoisotopic (exact) mass is 252 g/mol. The Kier molecular flexibility index (Phi) is 4.19. The van der Waals surface area contributed by atoms with Crippen LogP contribution in [0.1, 0.15) is 31.4 Å². The molecule has 1 atom stereocenters. The molecule has 0 radical (unpaired) electrons. The summed E-state index contributed by atoms with van der Waals surface area (Å²) in [6.45, 7) is 3.25. The lowest BCUT2D eigenvalue weighted by Gasteiger charge is -2.28. The van der Waals surface area contributed by atoms with Gasteiger partial charge in [-0.05, 0) is 31.9 Å². The van der Waals surface area contributed by atoms with Crippen LogP contribution in [0.25, 0.3) is 0 Å². The fourth-order valence-electron chi connectivity index (χ4n) is 2.30. The van der Waals surface area contributed by atoms with E-state index in [1.807, 2.05) is 13.0 Å². The molecule has 1 aliphatic carbocycles. The predicted molar refractivity (Wildman–Crippen MR) is 71.2 cm³/mol. The molecule has 0 saturated heterocycles. The molecule has 100 valence electrons. The van der Waals surface area contributed by atoms with Gasteiger partial charge in [0.1, 0.15) is 5.82 Å². The summed E-state index contributed by atoms with van der Waals surface area (Å²) in [5.74, 6) is -0.217. The van der Waals surface area contributed by atoms with Gasteiger partial charge in [0.2, 0.25) is 0 Å². The van der Waals surface area contributed by atoms with Crippen LogP contribution in [0.3, 0.4) is 0 Å². The molecule has 0 bridgehead atoms. The molecular formula is C14H21FN2O. The van der Waals surface area contributed by atoms with Crippen LogP contribution in [0.4, 0.5) is 10.1 Å². The summed E-state index contributed by atoms with van der Waals surface area (Å²) < 4.78 is 19.1. The van der Waals surface area contributed by atoms with Gasteiger partial charge >= 0.3 is 0 Å². The number of hydrogen-bond donors (Lipinski definition) is 1. The maximum absolute atomic E-state index is 13.9. The average molecular weight is 252 g/mol. The molecule has 18 heavy (non-hydrogen) atoms. The van der Waals surface area contributed by atoms with Gasteiger partial charge in [0.15, 0.2) is 0 Å². The van der Waals surface area contributed by atoms with Gasteiger partial charge in [-0.15, -0.1) is 0 Å². The van der Waals surface area contributed by atoms with Crippen LogP contribution >= 0.6 is 0 Å². The van der Waals surface area contributed by atoms with Crippen LogP contribution in [0.5, 0.6) is 0 Å². The summed E-state index contributed by atoms with van der Waals surface area (Å²) in [5, 5.41) is 0. The molecular weight excluding hydrogens is 231 g/mol. The van der Waals surface area contributed by atoms with E-state index in [2.05, 4.69) is 4.90 Å². The standard InChI is InChI=1S/C14H21FN2O/c1-10(16)14-12(15)4-3-5-13(14)17(8-9-18-2)11-6-7-11/h3-5,10-11H,6-9,16H2,1-2H3/t10-/m0/s1. The zero-order valence-corrected chi connectivity index (χ0v) is 11.0. The first-order valence-corrected chi connectivity index (χ1v) is 6.44. The number of rotatable bonds is 6. The summed E-state index contributed by atoms with van der Waals surface area (Å²) in [6, 6.07) is 5.39. The van der Waals surface area contributed by atoms with E-state index < -0.39 is 0 Å². The van der Waals surface area contributed by atoms with Crippen molar-refractivity contribution < 1.29 is 9.13 Å². The summed E-state index contributed by atoms with van der Waals surface area (Å²) in [6.07, 6.45) is 2.33. The van der Waals surface area contributed by atoms with E-state index in [0.717, 1.165) is 12.2 Å². The lowest BCUT2D eigenvalue weighted by atomic mass is 10.0. The molecule has 0 heterocycles. The predicted octanol–water partition coefficient (Wildman–Crippen LogP) is 2.46. The molecule has 1 aromatic carbocycles. The Hall–Kier alpha value is -1.13. The molecule has 1 fully saturated rings. The van der Waals surface area contributed by atoms with Gasteiger partial charge in [0.05, 0.1) is 6.61 Å². The first-order chi connectivity index (χ1) is 8.65. The van der Waals surface area contributed by atoms with E-state index in [1.54, 1.807) is 13.2 Å². The van der Waals surface area contributed by atoms with Crippen molar-refractivity contribution in [2.24, 2.45) is 5.73 Å². The molecule has 2 rings (SSSR count). The minimum Gasteiger partial charge on any atom is -0.383 e. The number of benzene rings is 1. The number of nitrogens with zero attached hydrogens (tertiary/aromatic N) is 1. The molecule has 4 heteroatoms. The van der Waals surface area contributed by atoms with Crippen LogP contribution in [-0.4, -0.2) is 26.3 Å². The zero-order chi connectivity index (χ0) is 13.1. The van der Waals surface area contributed by atoms with Crippen LogP contribution < -0.4 is 10.6 Å². The third-order valence-electron chi connectivity index (χ3n) is 3.32. The van der Waals surface area contributed by atoms with Crippen molar-refractivity contribution in [3.8, 4) is 0 Å². The van der Waals surface area contributed by atoms with Crippen molar-refractivity contribution in [2.45, 2.75) is 31.8 Å². The van der Waals surface area contributed by atoms with E-state index in [4.69, 9.17) is 10.5 Å². The second-order valence-corrected chi connectivity index (χ2v) is 4.88. The quantitative estimate of drug-likeness (QED) is 0.845. The number of anilines is 1. The highest BCUT2D eigenvalue weighted by Gasteiger charge is 2.31. The summed E-state index contributed by atoms with van der Waals surface area (Å²) in [5.41, 5.74) is 7.44. The largest absolute Gasteiger partial charge is 0.383 e. The summed E-state index contributed by atoms with van der Waals surface area (Å²) in [7, 11) is 1.68. The summed E-state index contributed by atoms with van der Waals surface area (Å²) >= 11 is 0. The first kappa shape index (κ1) is 13.3. The van der Waals surface area contributed by atoms with Gasteiger partial charge in [0.25, 0.3) is 0 Å². The fraction of sp³-hybridized carbons (Fsp3) is 0.571. The lowest BCUT2D eigenvalue weighted by Crippen LogP contribution is -2.31. The third kappa shape index (κ3) is 2.82. The van der Waals surface area contributed by atoms with Crippen molar-refractivity contribution in [3.63, 3.8) is 0 Å². The van der Waals surface area contributed by atoms with Crippen LogP contribution in [0.2, 0.25) is 0 Å². The Morgan fingerprint density at radius 2 is 2.22 bits per heavy atom. The Bertz CT molecular complexity index is 405. The molecule has 0 spiro atoms. The smallest absolute Gasteiger partial charge is 0.130 e. The van der Waals surface area contributed by atoms with Crippen molar-refractivity contribution in [2.75, 3.05) is 25.2 Å². The van der Waals surface area contributed by atoms with Gasteiger partial charge in [-0.1, -0.05) is 6.07 Å². The van der Waals surface area contributed by atoms with Gasteiger partial charge < -0.3 is 15.4 Å². The van der Waals surface area contributed by atoms with E-state index in [0.29, 0.717) is 18.2 Å². The normalized spacial score (nSPS) is 16.7. The minimum absolute atomic E-state index is 0.217. The minimum atomic E-state index is -0.301. The molecule has 3 nitrogen and oxygen atoms in total. The van der Waals surface area contributed by atoms with Gasteiger partial charge in [-0.3, -0.25) is 0 Å². The number of nitrogens with two attached hydrogens (primary N) is 1. The third-order valence-corrected chi connectivity index (χ3v) is 3.32. The van der Waals surface area contributed by atoms with Crippen molar-refractivity contribution >= 4 is 5.69 Å². The molecule has 2 N–H and O–H groups in total. The highest BCUT2D eigenvalue weighted by molar-refractivity contribution is 5.57. The molecule has 1 aromatic rings. The highest BCUT2D eigenvalue weighted by Crippen LogP contribution is 2.36. The molecule has 0 unspecified atom stereocenters. The van der Waals surface area contributed by atoms with Crippen LogP contribution in [-0.2, 0) is 4.74 Å². The molecule has 1 saturated carbocycles. The van der Waals surface area contributed by atoms with Crippen LogP contribution in [0, 0.1) is 5.82 Å². The maximum atomic E-state index is 13.9. The molecule has 1 aliphatic rings. The van der Waals surface area contributed by atoms with Crippen molar-refractivity contribution in [3.05, 3.63) is 29.6 Å². The number of hydrogen-bond acceptors (Lipinski definition) is 3. The molecule has 0 aliphatic heterocycles. The lowest BCUT2D eigenvalue weighted by molar-refractivity contribution is 0.205. The highest BCUT2D eigenvalue weighted by atomic mass is 19.1. The fourth-order valence-corrected chi connectivity index (χ4v) is 2.30. The first-order valence-electron chi connectivity index (χ1n) is 6.44. The number of ether oxygens (including phenoxy) is 1. The SMILES string of the molecule is COCCN(c1cccc(F)c1[C@H](C)N)C1CC1. The molecule has 0 amide bonds. The maximum Gasteiger partial charge on any atom is 0.130 e. The van der Waals surface area contributed by atoms with Gasteiger partial charge in [0, 0.05) is 37.0 Å².